The molecule has 1 aromatic carbocycles. The Bertz CT molecular complexity index is 802. The van der Waals surface area contributed by atoms with Gasteiger partial charge in [0.25, 0.3) is 10.0 Å². The number of carbonyl (C=O) groups excluding carboxylic acids is 1. The number of carbonyl (C=O) groups is 1. The molecule has 3 rings (SSSR count). The number of hydrogen-bond donors (Lipinski definition) is 3. The van der Waals surface area contributed by atoms with Crippen molar-refractivity contribution < 1.29 is 13.2 Å². The number of hydrazine groups is 1. The predicted molar refractivity (Wildman–Crippen MR) is 102 cm³/mol. The summed E-state index contributed by atoms with van der Waals surface area (Å²) in [6, 6.07) is 5.96. The van der Waals surface area contributed by atoms with Gasteiger partial charge >= 0.3 is 0 Å². The van der Waals surface area contributed by atoms with Crippen LogP contribution in [0.2, 0.25) is 0 Å². The maximum absolute atomic E-state index is 12.5. The third kappa shape index (κ3) is 5.16. The first-order valence-electron chi connectivity index (χ1n) is 8.71. The number of piperazine rings is 1. The van der Waals surface area contributed by atoms with Gasteiger partial charge in [-0.15, -0.1) is 0 Å². The minimum absolute atomic E-state index is 0.0996. The molecule has 0 atom stereocenters. The highest BCUT2D eigenvalue weighted by Gasteiger charge is 2.24. The summed E-state index contributed by atoms with van der Waals surface area (Å²) in [4.78, 5) is 17.7. The van der Waals surface area contributed by atoms with Crippen LogP contribution in [0.3, 0.4) is 0 Å². The first kappa shape index (κ1) is 19.5. The van der Waals surface area contributed by atoms with E-state index in [0.29, 0.717) is 19.0 Å². The van der Waals surface area contributed by atoms with E-state index in [-0.39, 0.29) is 16.8 Å². The first-order chi connectivity index (χ1) is 12.8. The van der Waals surface area contributed by atoms with Crippen molar-refractivity contribution in [2.45, 2.75) is 11.8 Å². The zero-order valence-corrected chi connectivity index (χ0v) is 16.3. The van der Waals surface area contributed by atoms with Gasteiger partial charge in [-0.05, 0) is 31.3 Å². The molecule has 148 valence electrons. The average molecular weight is 395 g/mol. The third-order valence-corrected chi connectivity index (χ3v) is 5.77. The standard InChI is InChI=1S/C16H25N7O3S/c1-13(24)19-14-3-5-15(6-4-14)27(25,26)20-16-17-11-23(12-18-16)22-9-7-21(2)8-10-22/h3-6H,7-12H2,1-2H3,(H,19,24)(H2,17,18,20). The molecular weight excluding hydrogens is 370 g/mol. The molecule has 0 radical (unpaired) electrons. The molecule has 27 heavy (non-hydrogen) atoms. The molecule has 1 aromatic rings. The zero-order chi connectivity index (χ0) is 19.4. The van der Waals surface area contributed by atoms with Gasteiger partial charge in [0.2, 0.25) is 11.9 Å². The van der Waals surface area contributed by atoms with E-state index in [0.717, 1.165) is 26.2 Å². The van der Waals surface area contributed by atoms with Gasteiger partial charge in [-0.2, -0.15) is 0 Å². The molecule has 11 heteroatoms. The summed E-state index contributed by atoms with van der Waals surface area (Å²) in [6.45, 7) is 6.13. The lowest BCUT2D eigenvalue weighted by Crippen LogP contribution is -2.59. The Morgan fingerprint density at radius 1 is 1.11 bits per heavy atom. The van der Waals surface area contributed by atoms with Gasteiger partial charge in [0.15, 0.2) is 0 Å². The highest BCUT2D eigenvalue weighted by Crippen LogP contribution is 2.14. The highest BCUT2D eigenvalue weighted by atomic mass is 32.2. The number of likely N-dealkylation sites (N-methyl/N-ethyl adjacent to an activating group) is 1. The second-order valence-corrected chi connectivity index (χ2v) is 8.24. The van der Waals surface area contributed by atoms with Crippen LogP contribution < -0.4 is 15.4 Å². The molecule has 0 saturated carbocycles. The molecule has 2 aliphatic heterocycles. The van der Waals surface area contributed by atoms with Crippen LogP contribution in [0.5, 0.6) is 0 Å². The van der Waals surface area contributed by atoms with Crippen molar-refractivity contribution in [3.63, 3.8) is 0 Å². The van der Waals surface area contributed by atoms with Gasteiger partial charge < -0.3 is 15.5 Å². The van der Waals surface area contributed by atoms with Gasteiger partial charge in [0, 0.05) is 38.8 Å². The lowest BCUT2D eigenvalue weighted by atomic mass is 10.3. The Morgan fingerprint density at radius 2 is 1.78 bits per heavy atom. The van der Waals surface area contributed by atoms with Crippen LogP contribution >= 0.6 is 0 Å². The molecule has 1 saturated heterocycles. The fourth-order valence-electron chi connectivity index (χ4n) is 2.87. The molecule has 1 fully saturated rings. The number of nitrogens with zero attached hydrogens (tertiary/aromatic N) is 4. The van der Waals surface area contributed by atoms with E-state index in [2.05, 4.69) is 42.3 Å². The minimum atomic E-state index is -3.75. The quantitative estimate of drug-likeness (QED) is 0.616. The molecule has 0 aromatic heterocycles. The maximum atomic E-state index is 12.5. The Labute approximate surface area is 159 Å². The van der Waals surface area contributed by atoms with Crippen LogP contribution in [0.15, 0.2) is 34.2 Å². The highest BCUT2D eigenvalue weighted by molar-refractivity contribution is 7.90. The lowest BCUT2D eigenvalue weighted by molar-refractivity contribution is -0.114. The fourth-order valence-corrected chi connectivity index (χ4v) is 3.87. The Hall–Kier alpha value is -2.21. The monoisotopic (exact) mass is 395 g/mol. The number of nitrogens with one attached hydrogen (secondary N) is 3. The SMILES string of the molecule is CC(=O)Nc1ccc(S(=O)(=O)NC2=NCN(N3CCN(C)CC3)CN2)cc1. The molecule has 0 bridgehead atoms. The van der Waals surface area contributed by atoms with Gasteiger partial charge in [-0.1, -0.05) is 0 Å². The number of aliphatic imine (C=N–C) groups is 1. The van der Waals surface area contributed by atoms with E-state index in [1.54, 1.807) is 12.1 Å². The van der Waals surface area contributed by atoms with Crippen LogP contribution in [-0.4, -0.2) is 81.8 Å². The van der Waals surface area contributed by atoms with Crippen molar-refractivity contribution in [1.82, 2.24) is 25.0 Å². The number of guanidine groups is 1. The van der Waals surface area contributed by atoms with Crippen LogP contribution in [0, 0.1) is 0 Å². The van der Waals surface area contributed by atoms with Gasteiger partial charge in [0.05, 0.1) is 11.6 Å². The maximum Gasteiger partial charge on any atom is 0.264 e. The number of amides is 1. The van der Waals surface area contributed by atoms with E-state index in [1.165, 1.54) is 19.1 Å². The molecule has 10 nitrogen and oxygen atoms in total. The molecular formula is C16H25N7O3S. The number of anilines is 1. The second-order valence-electron chi connectivity index (χ2n) is 6.56. The number of sulfonamides is 1. The van der Waals surface area contributed by atoms with Crippen molar-refractivity contribution in [1.29, 1.82) is 0 Å². The second kappa shape index (κ2) is 8.21. The van der Waals surface area contributed by atoms with Crippen molar-refractivity contribution >= 4 is 27.6 Å². The summed E-state index contributed by atoms with van der Waals surface area (Å²) >= 11 is 0. The summed E-state index contributed by atoms with van der Waals surface area (Å²) in [6.07, 6.45) is 0. The van der Waals surface area contributed by atoms with Crippen LogP contribution in [0.25, 0.3) is 0 Å². The van der Waals surface area contributed by atoms with E-state index < -0.39 is 10.0 Å². The molecule has 0 unspecified atom stereocenters. The average Bonchev–Trinajstić information content (AvgIpc) is 2.63. The summed E-state index contributed by atoms with van der Waals surface area (Å²) in [7, 11) is -1.65. The summed E-state index contributed by atoms with van der Waals surface area (Å²) in [5.74, 6) is 0.0145. The van der Waals surface area contributed by atoms with E-state index >= 15 is 0 Å². The van der Waals surface area contributed by atoms with Crippen LogP contribution in [0.1, 0.15) is 6.92 Å². The van der Waals surface area contributed by atoms with E-state index in [4.69, 9.17) is 0 Å². The first-order valence-corrected chi connectivity index (χ1v) is 10.2. The molecule has 1 amide bonds. The van der Waals surface area contributed by atoms with Gasteiger partial charge in [-0.3, -0.25) is 4.79 Å². The van der Waals surface area contributed by atoms with Crippen molar-refractivity contribution in [3.05, 3.63) is 24.3 Å². The van der Waals surface area contributed by atoms with Crippen LogP contribution in [0.4, 0.5) is 5.69 Å². The predicted octanol–water partition coefficient (Wildman–Crippen LogP) is -0.738. The molecule has 3 N–H and O–H groups in total. The summed E-state index contributed by atoms with van der Waals surface area (Å²) < 4.78 is 27.5. The minimum Gasteiger partial charge on any atom is -0.341 e. The summed E-state index contributed by atoms with van der Waals surface area (Å²) in [5, 5.41) is 9.90. The smallest absolute Gasteiger partial charge is 0.264 e. The Morgan fingerprint density at radius 3 is 2.33 bits per heavy atom. The molecule has 0 spiro atoms. The Balaban J connectivity index is 1.59. The van der Waals surface area contributed by atoms with Crippen molar-refractivity contribution in [3.8, 4) is 0 Å². The largest absolute Gasteiger partial charge is 0.341 e. The lowest BCUT2D eigenvalue weighted by Gasteiger charge is -2.40. The van der Waals surface area contributed by atoms with Crippen molar-refractivity contribution in [2.24, 2.45) is 4.99 Å². The topological polar surface area (TPSA) is 109 Å². The van der Waals surface area contributed by atoms with Crippen molar-refractivity contribution in [2.75, 3.05) is 51.9 Å². The molecule has 2 heterocycles. The van der Waals surface area contributed by atoms with Crippen LogP contribution in [-0.2, 0) is 14.8 Å². The summed E-state index contributed by atoms with van der Waals surface area (Å²) in [5.41, 5.74) is 0.539. The van der Waals surface area contributed by atoms with Gasteiger partial charge in [-0.25, -0.2) is 28.2 Å². The fraction of sp³-hybridized carbons (Fsp3) is 0.500. The third-order valence-electron chi connectivity index (χ3n) is 4.42. The van der Waals surface area contributed by atoms with Gasteiger partial charge in [0.1, 0.15) is 6.67 Å². The van der Waals surface area contributed by atoms with E-state index in [9.17, 15) is 13.2 Å². The van der Waals surface area contributed by atoms with E-state index in [1.807, 2.05) is 0 Å². The number of hydrogen-bond acceptors (Lipinski definition) is 8. The molecule has 0 aliphatic carbocycles. The normalized spacial score (nSPS) is 19.9. The molecule has 2 aliphatic rings. The number of benzene rings is 1. The zero-order valence-electron chi connectivity index (χ0n) is 15.5. The Kier molecular flexibility index (Phi) is 5.95. The number of rotatable bonds is 4.